The average Bonchev–Trinajstić information content (AvgIpc) is 3.10. The number of imidazole rings is 1. The lowest BCUT2D eigenvalue weighted by Gasteiger charge is -2.34. The summed E-state index contributed by atoms with van der Waals surface area (Å²) in [5, 5.41) is 0. The minimum absolute atomic E-state index is 0.0326. The molecule has 0 radical (unpaired) electrons. The standard InChI is InChI=1S/C18H18N6OS/c25-16(15-13-21-18(26)24(15)14-5-2-1-3-6-14)22-9-11-23(12-10-22)17-19-7-4-8-20-17/h1-8,13H,9-12H2,(H,21,26). The van der Waals surface area contributed by atoms with Gasteiger partial charge in [0.2, 0.25) is 5.95 Å². The molecule has 0 unspecified atom stereocenters. The van der Waals surface area contributed by atoms with Crippen molar-refractivity contribution < 1.29 is 4.79 Å². The van der Waals surface area contributed by atoms with Gasteiger partial charge in [-0.3, -0.25) is 9.36 Å². The van der Waals surface area contributed by atoms with Crippen molar-refractivity contribution in [1.82, 2.24) is 24.4 Å². The van der Waals surface area contributed by atoms with Gasteiger partial charge in [0.15, 0.2) is 4.77 Å². The van der Waals surface area contributed by atoms with Crippen LogP contribution < -0.4 is 4.90 Å². The maximum absolute atomic E-state index is 13.0. The molecule has 0 bridgehead atoms. The molecule has 0 saturated carbocycles. The van der Waals surface area contributed by atoms with Gasteiger partial charge in [-0.05, 0) is 30.4 Å². The summed E-state index contributed by atoms with van der Waals surface area (Å²) in [6.45, 7) is 2.63. The summed E-state index contributed by atoms with van der Waals surface area (Å²) in [7, 11) is 0. The second-order valence-corrected chi connectivity index (χ2v) is 6.36. The van der Waals surface area contributed by atoms with Crippen LogP contribution in [-0.4, -0.2) is 56.5 Å². The number of para-hydroxylation sites is 1. The van der Waals surface area contributed by atoms with Gasteiger partial charge < -0.3 is 14.8 Å². The van der Waals surface area contributed by atoms with Crippen LogP contribution in [0.4, 0.5) is 5.95 Å². The van der Waals surface area contributed by atoms with E-state index in [0.717, 1.165) is 5.69 Å². The number of H-pyrrole nitrogens is 1. The van der Waals surface area contributed by atoms with Gasteiger partial charge in [-0.15, -0.1) is 0 Å². The van der Waals surface area contributed by atoms with Crippen LogP contribution in [0.2, 0.25) is 0 Å². The second-order valence-electron chi connectivity index (χ2n) is 5.98. The first-order chi connectivity index (χ1) is 12.7. The predicted octanol–water partition coefficient (Wildman–Crippen LogP) is 2.29. The van der Waals surface area contributed by atoms with E-state index in [0.29, 0.717) is 42.6 Å². The molecule has 0 spiro atoms. The average molecular weight is 366 g/mol. The fourth-order valence-electron chi connectivity index (χ4n) is 3.09. The normalized spacial score (nSPS) is 14.5. The lowest BCUT2D eigenvalue weighted by Crippen LogP contribution is -2.49. The van der Waals surface area contributed by atoms with E-state index in [1.165, 1.54) is 0 Å². The van der Waals surface area contributed by atoms with Crippen LogP contribution in [-0.2, 0) is 0 Å². The van der Waals surface area contributed by atoms with Crippen LogP contribution in [0.5, 0.6) is 0 Å². The number of amides is 1. The number of anilines is 1. The minimum Gasteiger partial charge on any atom is -0.337 e. The van der Waals surface area contributed by atoms with Crippen molar-refractivity contribution in [2.24, 2.45) is 0 Å². The molecule has 7 nitrogen and oxygen atoms in total. The third kappa shape index (κ3) is 3.11. The van der Waals surface area contributed by atoms with Crippen LogP contribution in [0.1, 0.15) is 10.5 Å². The number of piperazine rings is 1. The highest BCUT2D eigenvalue weighted by atomic mass is 32.1. The molecule has 1 N–H and O–H groups in total. The van der Waals surface area contributed by atoms with Gasteiger partial charge in [-0.1, -0.05) is 18.2 Å². The van der Waals surface area contributed by atoms with E-state index in [1.807, 2.05) is 35.2 Å². The SMILES string of the molecule is O=C(c1c[nH]c(=S)n1-c1ccccc1)N1CCN(c2ncccn2)CC1. The summed E-state index contributed by atoms with van der Waals surface area (Å²) < 4.78 is 2.29. The summed E-state index contributed by atoms with van der Waals surface area (Å²) in [5.74, 6) is 0.670. The van der Waals surface area contributed by atoms with Crippen molar-refractivity contribution in [2.75, 3.05) is 31.1 Å². The van der Waals surface area contributed by atoms with E-state index in [-0.39, 0.29) is 5.91 Å². The first kappa shape index (κ1) is 16.5. The van der Waals surface area contributed by atoms with E-state index in [4.69, 9.17) is 12.2 Å². The van der Waals surface area contributed by atoms with E-state index in [2.05, 4.69) is 19.9 Å². The first-order valence-electron chi connectivity index (χ1n) is 8.41. The maximum atomic E-state index is 13.0. The molecular weight excluding hydrogens is 348 g/mol. The summed E-state index contributed by atoms with van der Waals surface area (Å²) in [6, 6.07) is 11.5. The highest BCUT2D eigenvalue weighted by Crippen LogP contribution is 2.16. The smallest absolute Gasteiger partial charge is 0.272 e. The Hall–Kier alpha value is -3.00. The fraction of sp³-hybridized carbons (Fsp3) is 0.222. The fourth-order valence-corrected chi connectivity index (χ4v) is 3.35. The highest BCUT2D eigenvalue weighted by Gasteiger charge is 2.25. The number of benzene rings is 1. The molecule has 1 fully saturated rings. The van der Waals surface area contributed by atoms with Gasteiger partial charge in [0, 0.05) is 50.5 Å². The number of aromatic nitrogens is 4. The number of carbonyl (C=O) groups is 1. The Morgan fingerprint density at radius 1 is 1.00 bits per heavy atom. The molecule has 1 amide bonds. The van der Waals surface area contributed by atoms with Crippen molar-refractivity contribution in [1.29, 1.82) is 0 Å². The summed E-state index contributed by atoms with van der Waals surface area (Å²) in [5.41, 5.74) is 1.42. The summed E-state index contributed by atoms with van der Waals surface area (Å²) in [6.07, 6.45) is 5.14. The zero-order valence-corrected chi connectivity index (χ0v) is 14.9. The Morgan fingerprint density at radius 2 is 1.69 bits per heavy atom. The molecule has 132 valence electrons. The third-order valence-electron chi connectivity index (χ3n) is 4.41. The second kappa shape index (κ2) is 7.09. The number of hydrogen-bond donors (Lipinski definition) is 1. The maximum Gasteiger partial charge on any atom is 0.272 e. The molecule has 8 heteroatoms. The molecule has 3 heterocycles. The van der Waals surface area contributed by atoms with Gasteiger partial charge in [0.1, 0.15) is 5.69 Å². The largest absolute Gasteiger partial charge is 0.337 e. The topological polar surface area (TPSA) is 70.1 Å². The Labute approximate surface area is 155 Å². The van der Waals surface area contributed by atoms with Crippen LogP contribution in [0, 0.1) is 4.77 Å². The molecule has 26 heavy (non-hydrogen) atoms. The molecule has 2 aromatic heterocycles. The van der Waals surface area contributed by atoms with Crippen molar-refractivity contribution >= 4 is 24.1 Å². The lowest BCUT2D eigenvalue weighted by molar-refractivity contribution is 0.0738. The predicted molar refractivity (Wildman–Crippen MR) is 101 cm³/mol. The number of carbonyl (C=O) groups excluding carboxylic acids is 1. The van der Waals surface area contributed by atoms with Gasteiger partial charge >= 0.3 is 0 Å². The van der Waals surface area contributed by atoms with Crippen LogP contribution in [0.3, 0.4) is 0 Å². The number of nitrogens with zero attached hydrogens (tertiary/aromatic N) is 5. The molecule has 3 aromatic rings. The molecule has 4 rings (SSSR count). The summed E-state index contributed by atoms with van der Waals surface area (Å²) >= 11 is 5.37. The molecule has 1 saturated heterocycles. The Kier molecular flexibility index (Phi) is 4.49. The van der Waals surface area contributed by atoms with Crippen molar-refractivity contribution in [2.45, 2.75) is 0 Å². The zero-order chi connectivity index (χ0) is 17.9. The lowest BCUT2D eigenvalue weighted by atomic mass is 10.2. The molecule has 1 aromatic carbocycles. The molecular formula is C18H18N6OS. The number of hydrogen-bond acceptors (Lipinski definition) is 5. The van der Waals surface area contributed by atoms with E-state index in [9.17, 15) is 4.79 Å². The van der Waals surface area contributed by atoms with Crippen LogP contribution >= 0.6 is 12.2 Å². The Morgan fingerprint density at radius 3 is 2.38 bits per heavy atom. The molecule has 0 aliphatic carbocycles. The Bertz CT molecular complexity index is 945. The van der Waals surface area contributed by atoms with Crippen molar-refractivity contribution in [3.8, 4) is 5.69 Å². The van der Waals surface area contributed by atoms with Crippen LogP contribution in [0.25, 0.3) is 5.69 Å². The number of nitrogens with one attached hydrogen (secondary N) is 1. The van der Waals surface area contributed by atoms with Gasteiger partial charge in [-0.25, -0.2) is 9.97 Å². The first-order valence-corrected chi connectivity index (χ1v) is 8.82. The summed E-state index contributed by atoms with van der Waals surface area (Å²) in [4.78, 5) is 28.5. The van der Waals surface area contributed by atoms with Crippen molar-refractivity contribution in [3.05, 3.63) is 65.5 Å². The van der Waals surface area contributed by atoms with Crippen molar-refractivity contribution in [3.63, 3.8) is 0 Å². The molecule has 1 aliphatic rings. The van der Waals surface area contributed by atoms with Crippen LogP contribution in [0.15, 0.2) is 55.0 Å². The minimum atomic E-state index is -0.0326. The van der Waals surface area contributed by atoms with Gasteiger partial charge in [-0.2, -0.15) is 0 Å². The molecule has 0 atom stereocenters. The third-order valence-corrected chi connectivity index (χ3v) is 4.71. The Balaban J connectivity index is 1.53. The quantitative estimate of drug-likeness (QED) is 0.720. The number of aromatic amines is 1. The molecule has 1 aliphatic heterocycles. The van der Waals surface area contributed by atoms with E-state index in [1.54, 1.807) is 29.2 Å². The monoisotopic (exact) mass is 366 g/mol. The van der Waals surface area contributed by atoms with E-state index >= 15 is 0 Å². The highest BCUT2D eigenvalue weighted by molar-refractivity contribution is 7.71. The van der Waals surface area contributed by atoms with Gasteiger partial charge in [0.05, 0.1) is 0 Å². The number of rotatable bonds is 3. The van der Waals surface area contributed by atoms with E-state index < -0.39 is 0 Å². The van der Waals surface area contributed by atoms with Gasteiger partial charge in [0.25, 0.3) is 5.91 Å². The zero-order valence-electron chi connectivity index (χ0n) is 14.1.